The first-order valence-corrected chi connectivity index (χ1v) is 10.3. The van der Waals surface area contributed by atoms with Crippen LogP contribution in [0.2, 0.25) is 0 Å². The van der Waals surface area contributed by atoms with E-state index in [0.29, 0.717) is 42.1 Å². The van der Waals surface area contributed by atoms with E-state index in [9.17, 15) is 14.4 Å². The molecule has 154 valence electrons. The van der Waals surface area contributed by atoms with Gasteiger partial charge in [-0.15, -0.1) is 0 Å². The number of amides is 3. The van der Waals surface area contributed by atoms with Crippen LogP contribution in [0.5, 0.6) is 0 Å². The zero-order chi connectivity index (χ0) is 21.1. The summed E-state index contributed by atoms with van der Waals surface area (Å²) in [5.74, 6) is -0.269. The lowest BCUT2D eigenvalue weighted by atomic mass is 10.1. The lowest BCUT2D eigenvalue weighted by Gasteiger charge is -2.36. The molecule has 3 amide bonds. The van der Waals surface area contributed by atoms with E-state index in [1.807, 2.05) is 13.8 Å². The number of halogens is 1. The average molecular weight is 462 g/mol. The largest absolute Gasteiger partial charge is 0.444 e. The molecule has 0 N–H and O–H groups in total. The average Bonchev–Trinajstić information content (AvgIpc) is 3.18. The number of furan rings is 1. The van der Waals surface area contributed by atoms with Gasteiger partial charge in [0.2, 0.25) is 5.91 Å². The number of hydrogen-bond acceptors (Lipinski definition) is 4. The number of rotatable bonds is 4. The van der Waals surface area contributed by atoms with Crippen LogP contribution in [0.3, 0.4) is 0 Å². The molecule has 0 atom stereocenters. The van der Waals surface area contributed by atoms with Crippen LogP contribution in [0.25, 0.3) is 0 Å². The van der Waals surface area contributed by atoms with Crippen molar-refractivity contribution in [1.29, 1.82) is 0 Å². The SMILES string of the molecule is CC(C)C(=O)N1CCN(C(=O)c2ccccc2N(C)C(=O)c2ccc(Br)o2)CC1. The van der Waals surface area contributed by atoms with Gasteiger partial charge in [-0.3, -0.25) is 14.4 Å². The smallest absolute Gasteiger partial charge is 0.293 e. The third-order valence-corrected chi connectivity index (χ3v) is 5.38. The first kappa shape index (κ1) is 21.1. The first-order valence-electron chi connectivity index (χ1n) is 9.50. The fraction of sp³-hybridized carbons (Fsp3) is 0.381. The Kier molecular flexibility index (Phi) is 6.42. The topological polar surface area (TPSA) is 74.1 Å². The molecule has 2 heterocycles. The Morgan fingerprint density at radius 3 is 2.21 bits per heavy atom. The molecule has 0 radical (unpaired) electrons. The van der Waals surface area contributed by atoms with Crippen molar-refractivity contribution in [1.82, 2.24) is 9.80 Å². The Morgan fingerprint density at radius 1 is 1.00 bits per heavy atom. The van der Waals surface area contributed by atoms with Crippen LogP contribution in [-0.2, 0) is 4.79 Å². The molecule has 7 nitrogen and oxygen atoms in total. The summed E-state index contributed by atoms with van der Waals surface area (Å²) in [6.45, 7) is 5.71. The number of piperazine rings is 1. The molecule has 1 saturated heterocycles. The van der Waals surface area contributed by atoms with Gasteiger partial charge in [0.25, 0.3) is 11.8 Å². The highest BCUT2D eigenvalue weighted by molar-refractivity contribution is 9.10. The fourth-order valence-electron chi connectivity index (χ4n) is 3.32. The molecule has 0 spiro atoms. The van der Waals surface area contributed by atoms with Crippen molar-refractivity contribution in [3.63, 3.8) is 0 Å². The second-order valence-electron chi connectivity index (χ2n) is 7.26. The first-order chi connectivity index (χ1) is 13.8. The van der Waals surface area contributed by atoms with Gasteiger partial charge in [0.15, 0.2) is 10.4 Å². The summed E-state index contributed by atoms with van der Waals surface area (Å²) in [6.07, 6.45) is 0. The van der Waals surface area contributed by atoms with E-state index < -0.39 is 0 Å². The van der Waals surface area contributed by atoms with Crippen molar-refractivity contribution in [2.45, 2.75) is 13.8 Å². The van der Waals surface area contributed by atoms with Crippen LogP contribution in [0.15, 0.2) is 45.5 Å². The minimum absolute atomic E-state index is 0.0562. The van der Waals surface area contributed by atoms with Gasteiger partial charge in [-0.25, -0.2) is 0 Å². The van der Waals surface area contributed by atoms with Crippen LogP contribution in [0.1, 0.15) is 34.8 Å². The van der Waals surface area contributed by atoms with Gasteiger partial charge in [-0.1, -0.05) is 26.0 Å². The van der Waals surface area contributed by atoms with Crippen LogP contribution in [-0.4, -0.2) is 60.7 Å². The van der Waals surface area contributed by atoms with Crippen molar-refractivity contribution in [2.24, 2.45) is 5.92 Å². The van der Waals surface area contributed by atoms with E-state index in [1.54, 1.807) is 53.2 Å². The summed E-state index contributed by atoms with van der Waals surface area (Å²) >= 11 is 3.19. The van der Waals surface area contributed by atoms with Gasteiger partial charge in [-0.05, 0) is 40.2 Å². The summed E-state index contributed by atoms with van der Waals surface area (Å²) in [6, 6.07) is 10.2. The third-order valence-electron chi connectivity index (χ3n) is 4.96. The number of anilines is 1. The van der Waals surface area contributed by atoms with Gasteiger partial charge in [0, 0.05) is 39.1 Å². The summed E-state index contributed by atoms with van der Waals surface area (Å²) in [7, 11) is 1.62. The van der Waals surface area contributed by atoms with E-state index in [4.69, 9.17) is 4.42 Å². The highest BCUT2D eigenvalue weighted by Gasteiger charge is 2.28. The normalized spacial score (nSPS) is 14.2. The van der Waals surface area contributed by atoms with Crippen molar-refractivity contribution < 1.29 is 18.8 Å². The lowest BCUT2D eigenvalue weighted by Crippen LogP contribution is -2.51. The molecule has 8 heteroatoms. The lowest BCUT2D eigenvalue weighted by molar-refractivity contribution is -0.135. The zero-order valence-electron chi connectivity index (χ0n) is 16.7. The Labute approximate surface area is 178 Å². The number of nitrogens with zero attached hydrogens (tertiary/aromatic N) is 3. The van der Waals surface area contributed by atoms with Gasteiger partial charge in [0.1, 0.15) is 0 Å². The summed E-state index contributed by atoms with van der Waals surface area (Å²) in [5, 5.41) is 0. The molecule has 0 unspecified atom stereocenters. The van der Waals surface area contributed by atoms with Crippen LogP contribution in [0, 0.1) is 5.92 Å². The molecule has 2 aromatic rings. The number of hydrogen-bond donors (Lipinski definition) is 0. The molecule has 3 rings (SSSR count). The summed E-state index contributed by atoms with van der Waals surface area (Å²) in [4.78, 5) is 43.0. The molecule has 0 aliphatic carbocycles. The molecule has 1 aromatic heterocycles. The number of carbonyl (C=O) groups excluding carboxylic acids is 3. The van der Waals surface area contributed by atoms with E-state index >= 15 is 0 Å². The fourth-order valence-corrected chi connectivity index (χ4v) is 3.62. The monoisotopic (exact) mass is 461 g/mol. The predicted octanol–water partition coefficient (Wildman–Crippen LogP) is 3.26. The second kappa shape index (κ2) is 8.82. The van der Waals surface area contributed by atoms with Crippen LogP contribution in [0.4, 0.5) is 5.69 Å². The minimum atomic E-state index is -0.344. The minimum Gasteiger partial charge on any atom is -0.444 e. The third kappa shape index (κ3) is 4.53. The van der Waals surface area contributed by atoms with Crippen LogP contribution < -0.4 is 4.90 Å². The standard InChI is InChI=1S/C21H24BrN3O4/c1-14(2)19(26)24-10-12-25(13-11-24)20(27)15-6-4-5-7-16(15)23(3)21(28)17-8-9-18(22)29-17/h4-9,14H,10-13H2,1-3H3. The van der Waals surface area contributed by atoms with E-state index in [2.05, 4.69) is 15.9 Å². The number of benzene rings is 1. The summed E-state index contributed by atoms with van der Waals surface area (Å²) in [5.41, 5.74) is 0.952. The van der Waals surface area contributed by atoms with Crippen molar-refractivity contribution >= 4 is 39.3 Å². The Hall–Kier alpha value is -2.61. The predicted molar refractivity (Wildman–Crippen MR) is 113 cm³/mol. The maximum atomic E-state index is 13.2. The van der Waals surface area contributed by atoms with Crippen LogP contribution >= 0.6 is 15.9 Å². The van der Waals surface area contributed by atoms with Crippen molar-refractivity contribution in [3.05, 3.63) is 52.4 Å². The number of carbonyl (C=O) groups is 3. The Morgan fingerprint density at radius 2 is 1.62 bits per heavy atom. The molecule has 0 saturated carbocycles. The van der Waals surface area contributed by atoms with Gasteiger partial charge < -0.3 is 19.1 Å². The highest BCUT2D eigenvalue weighted by atomic mass is 79.9. The van der Waals surface area contributed by atoms with Gasteiger partial charge in [0.05, 0.1) is 11.3 Å². The number of para-hydroxylation sites is 1. The maximum Gasteiger partial charge on any atom is 0.293 e. The molecule has 29 heavy (non-hydrogen) atoms. The molecule has 1 aliphatic heterocycles. The summed E-state index contributed by atoms with van der Waals surface area (Å²) < 4.78 is 5.82. The molecule has 0 bridgehead atoms. The quantitative estimate of drug-likeness (QED) is 0.700. The molecular formula is C21H24BrN3O4. The van der Waals surface area contributed by atoms with Crippen molar-refractivity contribution in [2.75, 3.05) is 38.1 Å². The Balaban J connectivity index is 1.76. The Bertz CT molecular complexity index is 916. The van der Waals surface area contributed by atoms with E-state index in [-0.39, 0.29) is 29.4 Å². The highest BCUT2D eigenvalue weighted by Crippen LogP contribution is 2.24. The van der Waals surface area contributed by atoms with Gasteiger partial charge in [-0.2, -0.15) is 0 Å². The zero-order valence-corrected chi connectivity index (χ0v) is 18.3. The molecule has 1 aliphatic rings. The van der Waals surface area contributed by atoms with E-state index in [0.717, 1.165) is 0 Å². The van der Waals surface area contributed by atoms with E-state index in [1.165, 1.54) is 4.90 Å². The molecule has 1 aromatic carbocycles. The maximum absolute atomic E-state index is 13.2. The second-order valence-corrected chi connectivity index (χ2v) is 8.04. The molecular weight excluding hydrogens is 438 g/mol. The van der Waals surface area contributed by atoms with Crippen molar-refractivity contribution in [3.8, 4) is 0 Å². The molecule has 1 fully saturated rings. The van der Waals surface area contributed by atoms with Gasteiger partial charge >= 0.3 is 0 Å².